The van der Waals surface area contributed by atoms with Gasteiger partial charge >= 0.3 is 0 Å². The average Bonchev–Trinajstić information content (AvgIpc) is 2.67. The molecule has 0 unspecified atom stereocenters. The highest BCUT2D eigenvalue weighted by molar-refractivity contribution is 7.89. The van der Waals surface area contributed by atoms with Gasteiger partial charge in [-0.2, -0.15) is 4.72 Å². The van der Waals surface area contributed by atoms with Crippen molar-refractivity contribution in [1.29, 1.82) is 0 Å². The molecular weight excluding hydrogens is 399 g/mol. The van der Waals surface area contributed by atoms with Crippen LogP contribution in [-0.2, 0) is 19.6 Å². The average molecular weight is 429 g/mol. The van der Waals surface area contributed by atoms with Crippen molar-refractivity contribution in [1.82, 2.24) is 20.3 Å². The van der Waals surface area contributed by atoms with Crippen LogP contribution in [0, 0.1) is 11.7 Å². The van der Waals surface area contributed by atoms with E-state index in [0.717, 1.165) is 12.1 Å². The minimum Gasteiger partial charge on any atom is -0.358 e. The van der Waals surface area contributed by atoms with E-state index in [4.69, 9.17) is 0 Å². The number of likely N-dealkylation sites (N-methyl/N-ethyl adjacent to an activating group) is 1. The summed E-state index contributed by atoms with van der Waals surface area (Å²) in [7, 11) is -2.60. The van der Waals surface area contributed by atoms with E-state index in [1.165, 1.54) is 12.1 Å². The highest BCUT2D eigenvalue weighted by Gasteiger charge is 2.31. The van der Waals surface area contributed by atoms with Crippen molar-refractivity contribution in [3.8, 4) is 0 Å². The number of rotatable bonds is 8. The second kappa shape index (κ2) is 10.1. The molecule has 1 atom stereocenters. The van der Waals surface area contributed by atoms with Crippen LogP contribution >= 0.6 is 0 Å². The lowest BCUT2D eigenvalue weighted by Crippen LogP contribution is -2.54. The van der Waals surface area contributed by atoms with E-state index >= 15 is 0 Å². The molecule has 1 heterocycles. The van der Waals surface area contributed by atoms with Crippen LogP contribution in [0.15, 0.2) is 29.2 Å². The first-order valence-corrected chi connectivity index (χ1v) is 11.1. The molecule has 0 aliphatic carbocycles. The van der Waals surface area contributed by atoms with Gasteiger partial charge in [-0.1, -0.05) is 26.0 Å². The lowest BCUT2D eigenvalue weighted by atomic mass is 10.0. The Hall–Kier alpha value is -2.04. The molecule has 1 aromatic rings. The Labute approximate surface area is 171 Å². The van der Waals surface area contributed by atoms with Gasteiger partial charge in [0, 0.05) is 26.2 Å². The molecule has 162 valence electrons. The molecule has 0 aromatic heterocycles. The van der Waals surface area contributed by atoms with E-state index in [1.807, 2.05) is 4.90 Å². The van der Waals surface area contributed by atoms with E-state index in [2.05, 4.69) is 15.4 Å². The van der Waals surface area contributed by atoms with Gasteiger partial charge in [-0.3, -0.25) is 14.5 Å². The summed E-state index contributed by atoms with van der Waals surface area (Å²) in [5, 5.41) is 5.47. The number of hydrogen-bond donors (Lipinski definition) is 3. The van der Waals surface area contributed by atoms with E-state index < -0.39 is 32.7 Å². The molecule has 1 aromatic carbocycles. The van der Waals surface area contributed by atoms with E-state index in [1.54, 1.807) is 20.9 Å². The predicted octanol–water partition coefficient (Wildman–Crippen LogP) is 0.455. The number of benzene rings is 1. The minimum atomic E-state index is -4.18. The number of carbonyl (C=O) groups is 2. The van der Waals surface area contributed by atoms with Crippen molar-refractivity contribution in [2.24, 2.45) is 5.92 Å². The van der Waals surface area contributed by atoms with E-state index in [-0.39, 0.29) is 17.9 Å². The molecule has 3 N–H and O–H groups in total. The first-order valence-electron chi connectivity index (χ1n) is 9.64. The van der Waals surface area contributed by atoms with Crippen LogP contribution in [0.2, 0.25) is 0 Å². The zero-order valence-electron chi connectivity index (χ0n) is 16.9. The summed E-state index contributed by atoms with van der Waals surface area (Å²) < 4.78 is 41.4. The normalized spacial score (nSPS) is 17.1. The molecule has 1 aliphatic heterocycles. The smallest absolute Gasteiger partial charge is 0.244 e. The zero-order valence-corrected chi connectivity index (χ0v) is 17.8. The SMILES string of the molecule is CNC(=O)CN1CCC(NC(=O)[C@@H](NS(=O)(=O)c2ccccc2F)C(C)C)CC1. The summed E-state index contributed by atoms with van der Waals surface area (Å²) in [5.74, 6) is -1.70. The summed E-state index contributed by atoms with van der Waals surface area (Å²) >= 11 is 0. The Morgan fingerprint density at radius 1 is 1.21 bits per heavy atom. The molecule has 1 saturated heterocycles. The molecule has 2 rings (SSSR count). The van der Waals surface area contributed by atoms with Gasteiger partial charge in [0.05, 0.1) is 6.54 Å². The largest absolute Gasteiger partial charge is 0.358 e. The van der Waals surface area contributed by atoms with Crippen molar-refractivity contribution in [2.45, 2.75) is 43.7 Å². The predicted molar refractivity (Wildman–Crippen MR) is 107 cm³/mol. The first-order chi connectivity index (χ1) is 13.6. The molecule has 29 heavy (non-hydrogen) atoms. The Bertz CT molecular complexity index is 823. The summed E-state index contributed by atoms with van der Waals surface area (Å²) in [6, 6.07) is 3.92. The second-order valence-corrected chi connectivity index (χ2v) is 9.19. The Morgan fingerprint density at radius 3 is 2.38 bits per heavy atom. The van der Waals surface area contributed by atoms with Gasteiger partial charge < -0.3 is 10.6 Å². The van der Waals surface area contributed by atoms with Gasteiger partial charge in [0.25, 0.3) is 0 Å². The van der Waals surface area contributed by atoms with Crippen LogP contribution in [0.4, 0.5) is 4.39 Å². The molecule has 0 radical (unpaired) electrons. The summed E-state index contributed by atoms with van der Waals surface area (Å²) in [6.45, 7) is 5.08. The number of nitrogens with zero attached hydrogens (tertiary/aromatic N) is 1. The van der Waals surface area contributed by atoms with E-state index in [9.17, 15) is 22.4 Å². The third-order valence-electron chi connectivity index (χ3n) is 4.94. The Balaban J connectivity index is 1.98. The van der Waals surface area contributed by atoms with Crippen molar-refractivity contribution >= 4 is 21.8 Å². The fourth-order valence-electron chi connectivity index (χ4n) is 3.19. The number of likely N-dealkylation sites (tertiary alicyclic amines) is 1. The molecule has 8 nitrogen and oxygen atoms in total. The summed E-state index contributed by atoms with van der Waals surface area (Å²) in [6.07, 6.45) is 1.32. The third-order valence-corrected chi connectivity index (χ3v) is 6.41. The molecule has 0 saturated carbocycles. The maximum absolute atomic E-state index is 13.9. The second-order valence-electron chi connectivity index (χ2n) is 7.51. The van der Waals surface area contributed by atoms with Crippen LogP contribution in [-0.4, -0.2) is 63.9 Å². The maximum Gasteiger partial charge on any atom is 0.244 e. The number of nitrogens with one attached hydrogen (secondary N) is 3. The number of piperidine rings is 1. The van der Waals surface area contributed by atoms with Crippen LogP contribution < -0.4 is 15.4 Å². The highest BCUT2D eigenvalue weighted by atomic mass is 32.2. The molecule has 1 aliphatic rings. The standard InChI is InChI=1S/C19H29FN4O4S/c1-13(2)18(23-29(27,28)16-7-5-4-6-15(16)20)19(26)22-14-8-10-24(11-9-14)12-17(25)21-3/h4-7,13-14,18,23H,8-12H2,1-3H3,(H,21,25)(H,22,26)/t18-/m0/s1. The molecule has 10 heteroatoms. The van der Waals surface area contributed by atoms with Gasteiger partial charge in [0.2, 0.25) is 21.8 Å². The molecule has 0 bridgehead atoms. The fourth-order valence-corrected chi connectivity index (χ4v) is 4.62. The molecule has 0 spiro atoms. The highest BCUT2D eigenvalue weighted by Crippen LogP contribution is 2.16. The minimum absolute atomic E-state index is 0.0603. The summed E-state index contributed by atoms with van der Waals surface area (Å²) in [4.78, 5) is 25.7. The van der Waals surface area contributed by atoms with Crippen LogP contribution in [0.1, 0.15) is 26.7 Å². The Kier molecular flexibility index (Phi) is 8.12. The summed E-state index contributed by atoms with van der Waals surface area (Å²) in [5.41, 5.74) is 0. The van der Waals surface area contributed by atoms with Crippen molar-refractivity contribution in [3.63, 3.8) is 0 Å². The number of carbonyl (C=O) groups excluding carboxylic acids is 2. The van der Waals surface area contributed by atoms with Gasteiger partial charge in [-0.05, 0) is 30.9 Å². The van der Waals surface area contributed by atoms with Crippen molar-refractivity contribution < 1.29 is 22.4 Å². The van der Waals surface area contributed by atoms with Crippen molar-refractivity contribution in [3.05, 3.63) is 30.1 Å². The number of halogens is 1. The first kappa shape index (κ1) is 23.2. The van der Waals surface area contributed by atoms with Crippen LogP contribution in [0.5, 0.6) is 0 Å². The quantitative estimate of drug-likeness (QED) is 0.558. The molecule has 1 fully saturated rings. The van der Waals surface area contributed by atoms with E-state index in [0.29, 0.717) is 32.5 Å². The fraction of sp³-hybridized carbons (Fsp3) is 0.579. The number of sulfonamides is 1. The van der Waals surface area contributed by atoms with Gasteiger partial charge in [0.1, 0.15) is 16.8 Å². The molecule has 2 amide bonds. The zero-order chi connectivity index (χ0) is 21.6. The lowest BCUT2D eigenvalue weighted by molar-refractivity contribution is -0.125. The van der Waals surface area contributed by atoms with Gasteiger partial charge in [-0.25, -0.2) is 12.8 Å². The monoisotopic (exact) mass is 428 g/mol. The lowest BCUT2D eigenvalue weighted by Gasteiger charge is -2.33. The Morgan fingerprint density at radius 2 is 1.83 bits per heavy atom. The number of hydrogen-bond acceptors (Lipinski definition) is 5. The third kappa shape index (κ3) is 6.48. The van der Waals surface area contributed by atoms with Crippen molar-refractivity contribution in [2.75, 3.05) is 26.7 Å². The van der Waals surface area contributed by atoms with Gasteiger partial charge in [0.15, 0.2) is 0 Å². The van der Waals surface area contributed by atoms with Crippen LogP contribution in [0.25, 0.3) is 0 Å². The number of amides is 2. The topological polar surface area (TPSA) is 108 Å². The molecular formula is C19H29FN4O4S. The van der Waals surface area contributed by atoms with Crippen LogP contribution in [0.3, 0.4) is 0 Å². The van der Waals surface area contributed by atoms with Gasteiger partial charge in [-0.15, -0.1) is 0 Å². The maximum atomic E-state index is 13.9.